The van der Waals surface area contributed by atoms with Gasteiger partial charge in [-0.15, -0.1) is 5.92 Å². The highest BCUT2D eigenvalue weighted by atomic mass is 16.6. The van der Waals surface area contributed by atoms with Crippen LogP contribution in [0.3, 0.4) is 0 Å². The Morgan fingerprint density at radius 3 is 2.89 bits per heavy atom. The molecule has 2 aliphatic rings. The van der Waals surface area contributed by atoms with Crippen LogP contribution in [-0.2, 0) is 6.42 Å². The molecule has 1 aromatic rings. The molecule has 0 fully saturated rings. The predicted molar refractivity (Wildman–Crippen MR) is 105 cm³/mol. The van der Waals surface area contributed by atoms with Gasteiger partial charge in [-0.1, -0.05) is 17.6 Å². The van der Waals surface area contributed by atoms with Gasteiger partial charge < -0.3 is 9.84 Å². The summed E-state index contributed by atoms with van der Waals surface area (Å²) in [5.41, 5.74) is 2.91. The Hall–Kier alpha value is -2.48. The van der Waals surface area contributed by atoms with Crippen LogP contribution in [0.25, 0.3) is 0 Å². The van der Waals surface area contributed by atoms with Crippen molar-refractivity contribution in [3.63, 3.8) is 0 Å². The van der Waals surface area contributed by atoms with Crippen molar-refractivity contribution in [2.45, 2.75) is 64.4 Å². The maximum atomic E-state index is 10.7. The molecule has 1 aliphatic carbocycles. The SMILES string of the molecule is CC1=CC[C@@H]2[C@@H](C1)c1c(O)cc(CC#CCCC[N+](=O)[O-])cc1OC2(C)C. The summed E-state index contributed by atoms with van der Waals surface area (Å²) in [7, 11) is 0. The first-order valence-electron chi connectivity index (χ1n) is 9.56. The van der Waals surface area contributed by atoms with E-state index in [0.29, 0.717) is 25.2 Å². The van der Waals surface area contributed by atoms with Crippen molar-refractivity contribution in [1.82, 2.24) is 0 Å². The van der Waals surface area contributed by atoms with Gasteiger partial charge >= 0.3 is 0 Å². The molecule has 0 bridgehead atoms. The number of hydrogen-bond donors (Lipinski definition) is 1. The number of aromatic hydroxyl groups is 1. The first-order valence-corrected chi connectivity index (χ1v) is 9.56. The molecule has 1 heterocycles. The lowest BCUT2D eigenvalue weighted by Gasteiger charge is -2.47. The van der Waals surface area contributed by atoms with Crippen LogP contribution in [0, 0.1) is 27.9 Å². The lowest BCUT2D eigenvalue weighted by atomic mass is 9.67. The van der Waals surface area contributed by atoms with E-state index in [1.165, 1.54) is 5.57 Å². The Kier molecular flexibility index (Phi) is 5.46. The number of rotatable bonds is 4. The number of phenols is 1. The van der Waals surface area contributed by atoms with E-state index in [-0.39, 0.29) is 28.7 Å². The van der Waals surface area contributed by atoms with Gasteiger partial charge in [0.05, 0.1) is 0 Å². The van der Waals surface area contributed by atoms with Crippen LogP contribution in [0.2, 0.25) is 0 Å². The molecule has 0 spiro atoms. The first-order chi connectivity index (χ1) is 12.8. The van der Waals surface area contributed by atoms with Crippen molar-refractivity contribution < 1.29 is 14.8 Å². The number of fused-ring (bicyclic) bond motifs is 3. The van der Waals surface area contributed by atoms with Crippen LogP contribution in [0.4, 0.5) is 0 Å². The van der Waals surface area contributed by atoms with E-state index in [2.05, 4.69) is 38.7 Å². The van der Waals surface area contributed by atoms with E-state index in [1.54, 1.807) is 6.07 Å². The van der Waals surface area contributed by atoms with Crippen LogP contribution in [0.15, 0.2) is 23.8 Å². The number of unbranched alkanes of at least 4 members (excludes halogenated alkanes) is 1. The normalized spacial score (nSPS) is 22.4. The van der Waals surface area contributed by atoms with Gasteiger partial charge in [-0.3, -0.25) is 10.1 Å². The smallest absolute Gasteiger partial charge is 0.204 e. The second-order valence-corrected chi connectivity index (χ2v) is 8.13. The fraction of sp³-hybridized carbons (Fsp3) is 0.545. The average Bonchev–Trinajstić information content (AvgIpc) is 2.56. The molecule has 0 aromatic heterocycles. The van der Waals surface area contributed by atoms with Crippen molar-refractivity contribution in [3.8, 4) is 23.3 Å². The summed E-state index contributed by atoms with van der Waals surface area (Å²) in [6.45, 7) is 6.35. The number of benzene rings is 1. The highest BCUT2D eigenvalue weighted by Crippen LogP contribution is 2.54. The van der Waals surface area contributed by atoms with Gasteiger partial charge in [0.2, 0.25) is 6.54 Å². The Labute approximate surface area is 160 Å². The van der Waals surface area contributed by atoms with Crippen LogP contribution in [0.1, 0.15) is 63.5 Å². The standard InChI is InChI=1S/C22H27NO4/c1-15-9-10-18-17(12-15)21-19(24)13-16(14-20(21)27-22(18,2)3)8-6-4-5-7-11-23(25)26/h9,13-14,17-18,24H,5,7-8,10-12H2,1-3H3/t17-,18-/m1/s1. The summed E-state index contributed by atoms with van der Waals surface area (Å²) < 4.78 is 6.30. The van der Waals surface area contributed by atoms with Gasteiger partial charge in [0.1, 0.15) is 17.1 Å². The van der Waals surface area contributed by atoms with Crippen molar-refractivity contribution >= 4 is 0 Å². The maximum absolute atomic E-state index is 10.7. The van der Waals surface area contributed by atoms with E-state index in [0.717, 1.165) is 29.7 Å². The number of ether oxygens (including phenoxy) is 1. The number of nitrogens with zero attached hydrogens (tertiary/aromatic N) is 1. The topological polar surface area (TPSA) is 72.6 Å². The Bertz CT molecular complexity index is 829. The predicted octanol–water partition coefficient (Wildman–Crippen LogP) is 4.61. The minimum atomic E-state index is -0.322. The monoisotopic (exact) mass is 369 g/mol. The lowest BCUT2D eigenvalue weighted by Crippen LogP contribution is -2.45. The van der Waals surface area contributed by atoms with Crippen LogP contribution >= 0.6 is 0 Å². The van der Waals surface area contributed by atoms with E-state index in [9.17, 15) is 15.2 Å². The number of hydrogen-bond acceptors (Lipinski definition) is 4. The maximum Gasteiger partial charge on any atom is 0.204 e. The fourth-order valence-corrected chi connectivity index (χ4v) is 4.27. The van der Waals surface area contributed by atoms with Gasteiger partial charge in [-0.2, -0.15) is 0 Å². The minimum Gasteiger partial charge on any atom is -0.508 e. The molecule has 5 heteroatoms. The molecule has 0 unspecified atom stereocenters. The average molecular weight is 369 g/mol. The van der Waals surface area contributed by atoms with Crippen molar-refractivity contribution in [1.29, 1.82) is 0 Å². The molecule has 1 aliphatic heterocycles. The molecule has 0 amide bonds. The molecular weight excluding hydrogens is 342 g/mol. The van der Waals surface area contributed by atoms with Gasteiger partial charge in [0.25, 0.3) is 0 Å². The summed E-state index contributed by atoms with van der Waals surface area (Å²) in [5, 5.41) is 21.0. The van der Waals surface area contributed by atoms with Gasteiger partial charge in [-0.25, -0.2) is 0 Å². The molecule has 2 atom stereocenters. The fourth-order valence-electron chi connectivity index (χ4n) is 4.27. The van der Waals surface area contributed by atoms with E-state index >= 15 is 0 Å². The molecule has 0 radical (unpaired) electrons. The molecule has 0 saturated heterocycles. The van der Waals surface area contributed by atoms with Gasteiger partial charge in [0.15, 0.2) is 0 Å². The summed E-state index contributed by atoms with van der Waals surface area (Å²) >= 11 is 0. The van der Waals surface area contributed by atoms with Crippen molar-refractivity contribution in [3.05, 3.63) is 45.0 Å². The first kappa shape index (κ1) is 19.3. The van der Waals surface area contributed by atoms with Crippen LogP contribution in [0.5, 0.6) is 11.5 Å². The van der Waals surface area contributed by atoms with E-state index in [4.69, 9.17) is 4.74 Å². The highest BCUT2D eigenvalue weighted by Gasteiger charge is 2.45. The zero-order chi connectivity index (χ0) is 19.6. The van der Waals surface area contributed by atoms with Gasteiger partial charge in [0, 0.05) is 41.6 Å². The molecule has 3 rings (SSSR count). The Morgan fingerprint density at radius 2 is 2.15 bits per heavy atom. The Balaban J connectivity index is 1.79. The van der Waals surface area contributed by atoms with Crippen LogP contribution < -0.4 is 4.74 Å². The van der Waals surface area contributed by atoms with Crippen molar-refractivity contribution in [2.24, 2.45) is 5.92 Å². The van der Waals surface area contributed by atoms with Crippen LogP contribution in [-0.4, -0.2) is 22.2 Å². The minimum absolute atomic E-state index is 0.0480. The summed E-state index contributed by atoms with van der Waals surface area (Å²) in [4.78, 5) is 9.99. The van der Waals surface area contributed by atoms with Gasteiger partial charge in [-0.05, 0) is 51.3 Å². The summed E-state index contributed by atoms with van der Waals surface area (Å²) in [6, 6.07) is 3.78. The lowest BCUT2D eigenvalue weighted by molar-refractivity contribution is -0.480. The highest BCUT2D eigenvalue weighted by molar-refractivity contribution is 5.53. The number of phenolic OH excluding ortho intramolecular Hbond substituents is 1. The van der Waals surface area contributed by atoms with E-state index < -0.39 is 0 Å². The largest absolute Gasteiger partial charge is 0.508 e. The molecule has 144 valence electrons. The number of allylic oxidation sites excluding steroid dienone is 2. The molecule has 1 aromatic carbocycles. The molecule has 0 saturated carbocycles. The summed E-state index contributed by atoms with van der Waals surface area (Å²) in [6.07, 6.45) is 5.68. The summed E-state index contributed by atoms with van der Waals surface area (Å²) in [5.74, 6) is 7.70. The molecule has 1 N–H and O–H groups in total. The third kappa shape index (κ3) is 4.27. The number of nitro groups is 1. The second kappa shape index (κ2) is 7.64. The zero-order valence-corrected chi connectivity index (χ0v) is 16.2. The second-order valence-electron chi connectivity index (χ2n) is 8.13. The quantitative estimate of drug-likeness (QED) is 0.277. The third-order valence-corrected chi connectivity index (χ3v) is 5.62. The molecule has 5 nitrogen and oxygen atoms in total. The zero-order valence-electron chi connectivity index (χ0n) is 16.2. The Morgan fingerprint density at radius 1 is 1.37 bits per heavy atom. The van der Waals surface area contributed by atoms with Crippen molar-refractivity contribution in [2.75, 3.05) is 6.54 Å². The third-order valence-electron chi connectivity index (χ3n) is 5.62. The molecule has 27 heavy (non-hydrogen) atoms. The van der Waals surface area contributed by atoms with E-state index in [1.807, 2.05) is 6.07 Å². The molecular formula is C22H27NO4.